The summed E-state index contributed by atoms with van der Waals surface area (Å²) in [5.41, 5.74) is 6.28. The number of nitrogens with two attached hydrogens (primary N) is 1. The van der Waals surface area contributed by atoms with Crippen molar-refractivity contribution < 1.29 is 4.74 Å². The Balaban J connectivity index is 2.97. The van der Waals surface area contributed by atoms with Gasteiger partial charge in [0.25, 0.3) is 0 Å². The van der Waals surface area contributed by atoms with Crippen LogP contribution in [0.15, 0.2) is 24.3 Å². The Morgan fingerprint density at radius 3 is 2.07 bits per heavy atom. The highest BCUT2D eigenvalue weighted by molar-refractivity contribution is 6.91. The summed E-state index contributed by atoms with van der Waals surface area (Å²) in [6.07, 6.45) is 0. The number of ether oxygens (including phenoxy) is 1. The van der Waals surface area contributed by atoms with Gasteiger partial charge in [0.2, 0.25) is 0 Å². The molecule has 2 nitrogen and oxygen atoms in total. The maximum absolute atomic E-state index is 6.00. The second-order valence-corrected chi connectivity index (χ2v) is 9.17. The fourth-order valence-electron chi connectivity index (χ4n) is 1.28. The maximum Gasteiger partial charge on any atom is 0.118 e. The Kier molecular flexibility index (Phi) is 3.34. The Morgan fingerprint density at radius 1 is 1.21 bits per heavy atom. The lowest BCUT2D eigenvalue weighted by atomic mass is 10.3. The molecular weight excluding hydrogens is 190 g/mol. The van der Waals surface area contributed by atoms with Crippen LogP contribution < -0.4 is 15.7 Å². The molecule has 1 aromatic rings. The quantitative estimate of drug-likeness (QED) is 0.766. The van der Waals surface area contributed by atoms with E-state index in [2.05, 4.69) is 32.2 Å². The van der Waals surface area contributed by atoms with E-state index >= 15 is 0 Å². The summed E-state index contributed by atoms with van der Waals surface area (Å²) in [7, 11) is 0.213. The lowest BCUT2D eigenvalue weighted by Crippen LogP contribution is -2.55. The Hall–Kier alpha value is -0.803. The van der Waals surface area contributed by atoms with E-state index in [1.807, 2.05) is 12.1 Å². The van der Waals surface area contributed by atoms with Crippen molar-refractivity contribution in [2.24, 2.45) is 5.73 Å². The van der Waals surface area contributed by atoms with Gasteiger partial charge in [-0.05, 0) is 17.8 Å². The first kappa shape index (κ1) is 11.3. The third-order valence-electron chi connectivity index (χ3n) is 2.97. The zero-order chi connectivity index (χ0) is 10.8. The van der Waals surface area contributed by atoms with Gasteiger partial charge in [-0.15, -0.1) is 0 Å². The third kappa shape index (κ3) is 2.16. The normalized spacial score (nSPS) is 13.8. The second kappa shape index (κ2) is 4.15. The molecule has 0 bridgehead atoms. The first-order chi connectivity index (χ1) is 6.48. The molecule has 3 heteroatoms. The number of rotatable bonds is 3. The maximum atomic E-state index is 6.00. The van der Waals surface area contributed by atoms with Crippen molar-refractivity contribution in [2.45, 2.75) is 25.7 Å². The summed E-state index contributed by atoms with van der Waals surface area (Å²) in [4.78, 5) is 0. The minimum atomic E-state index is -1.47. The Labute approximate surface area is 87.1 Å². The van der Waals surface area contributed by atoms with Crippen LogP contribution in [0.1, 0.15) is 6.92 Å². The van der Waals surface area contributed by atoms with Crippen molar-refractivity contribution in [3.63, 3.8) is 0 Å². The van der Waals surface area contributed by atoms with Gasteiger partial charge in [0.15, 0.2) is 0 Å². The highest BCUT2D eigenvalue weighted by Gasteiger charge is 2.27. The van der Waals surface area contributed by atoms with Gasteiger partial charge in [-0.1, -0.05) is 37.3 Å². The van der Waals surface area contributed by atoms with E-state index in [1.54, 1.807) is 7.11 Å². The lowest BCUT2D eigenvalue weighted by Gasteiger charge is -2.27. The second-order valence-electron chi connectivity index (χ2n) is 4.24. The lowest BCUT2D eigenvalue weighted by molar-refractivity contribution is 0.415. The molecular formula is C11H19NOSi. The van der Waals surface area contributed by atoms with Gasteiger partial charge in [0.1, 0.15) is 5.75 Å². The molecule has 1 aromatic carbocycles. The molecule has 1 atom stereocenters. The molecule has 0 fully saturated rings. The molecule has 0 saturated carbocycles. The van der Waals surface area contributed by atoms with Crippen molar-refractivity contribution in [3.05, 3.63) is 24.3 Å². The largest absolute Gasteiger partial charge is 0.497 e. The van der Waals surface area contributed by atoms with E-state index in [0.29, 0.717) is 0 Å². The van der Waals surface area contributed by atoms with Crippen LogP contribution in [0.2, 0.25) is 13.1 Å². The molecule has 0 aliphatic carbocycles. The summed E-state index contributed by atoms with van der Waals surface area (Å²) in [6, 6.07) is 8.28. The van der Waals surface area contributed by atoms with Gasteiger partial charge in [0.05, 0.1) is 15.2 Å². The number of benzene rings is 1. The Bertz CT molecular complexity index is 293. The SMILES string of the molecule is COc1ccc([Si](C)(C)C(C)N)cc1. The minimum absolute atomic E-state index is 0.274. The molecule has 0 amide bonds. The predicted molar refractivity (Wildman–Crippen MR) is 63.8 cm³/mol. The Morgan fingerprint density at radius 2 is 1.71 bits per heavy atom. The van der Waals surface area contributed by atoms with E-state index in [4.69, 9.17) is 10.5 Å². The van der Waals surface area contributed by atoms with Crippen molar-refractivity contribution in [1.82, 2.24) is 0 Å². The van der Waals surface area contributed by atoms with Gasteiger partial charge < -0.3 is 10.5 Å². The molecule has 0 spiro atoms. The van der Waals surface area contributed by atoms with Gasteiger partial charge in [-0.25, -0.2) is 0 Å². The molecule has 0 radical (unpaired) electrons. The van der Waals surface area contributed by atoms with Gasteiger partial charge in [0, 0.05) is 0 Å². The smallest absolute Gasteiger partial charge is 0.118 e. The summed E-state index contributed by atoms with van der Waals surface area (Å²) in [5, 5.41) is 1.38. The van der Waals surface area contributed by atoms with E-state index in [0.717, 1.165) is 5.75 Å². The molecule has 0 heterocycles. The van der Waals surface area contributed by atoms with Crippen molar-refractivity contribution >= 4 is 13.3 Å². The average molecular weight is 209 g/mol. The van der Waals surface area contributed by atoms with Crippen LogP contribution in [0.4, 0.5) is 0 Å². The summed E-state index contributed by atoms with van der Waals surface area (Å²) < 4.78 is 5.13. The van der Waals surface area contributed by atoms with E-state index in [1.165, 1.54) is 5.19 Å². The fraction of sp³-hybridized carbons (Fsp3) is 0.455. The summed E-state index contributed by atoms with van der Waals surface area (Å²) >= 11 is 0. The summed E-state index contributed by atoms with van der Waals surface area (Å²) in [5.74, 6) is 0.906. The highest BCUT2D eigenvalue weighted by Crippen LogP contribution is 2.11. The third-order valence-corrected chi connectivity index (χ3v) is 7.07. The highest BCUT2D eigenvalue weighted by atomic mass is 28.3. The molecule has 0 saturated heterocycles. The number of hydrogen-bond donors (Lipinski definition) is 1. The average Bonchev–Trinajstić information content (AvgIpc) is 2.17. The van der Waals surface area contributed by atoms with Crippen LogP contribution in [-0.4, -0.2) is 20.8 Å². The van der Waals surface area contributed by atoms with Crippen LogP contribution in [0.5, 0.6) is 5.75 Å². The molecule has 14 heavy (non-hydrogen) atoms. The first-order valence-corrected chi connectivity index (χ1v) is 7.96. The number of hydrogen-bond acceptors (Lipinski definition) is 2. The molecule has 0 aromatic heterocycles. The van der Waals surface area contributed by atoms with Crippen LogP contribution >= 0.6 is 0 Å². The van der Waals surface area contributed by atoms with Crippen LogP contribution in [0.3, 0.4) is 0 Å². The van der Waals surface area contributed by atoms with Crippen molar-refractivity contribution in [1.29, 1.82) is 0 Å². The monoisotopic (exact) mass is 209 g/mol. The van der Waals surface area contributed by atoms with Gasteiger partial charge >= 0.3 is 0 Å². The van der Waals surface area contributed by atoms with Crippen LogP contribution in [0, 0.1) is 0 Å². The fourth-order valence-corrected chi connectivity index (χ4v) is 2.84. The van der Waals surface area contributed by atoms with E-state index < -0.39 is 8.07 Å². The molecule has 0 aliphatic heterocycles. The number of methoxy groups -OCH3 is 1. The molecule has 2 N–H and O–H groups in total. The molecule has 1 unspecified atom stereocenters. The van der Waals surface area contributed by atoms with E-state index in [-0.39, 0.29) is 5.67 Å². The zero-order valence-corrected chi connectivity index (χ0v) is 10.4. The molecule has 78 valence electrons. The molecule has 0 aliphatic rings. The molecule has 1 rings (SSSR count). The standard InChI is InChI=1S/C11H19NOSi/c1-9(12)14(3,4)11-7-5-10(13-2)6-8-11/h5-9H,12H2,1-4H3. The van der Waals surface area contributed by atoms with Gasteiger partial charge in [-0.2, -0.15) is 0 Å². The minimum Gasteiger partial charge on any atom is -0.497 e. The predicted octanol–water partition coefficient (Wildman–Crippen LogP) is 1.50. The first-order valence-electron chi connectivity index (χ1n) is 4.88. The van der Waals surface area contributed by atoms with Crippen molar-refractivity contribution in [3.8, 4) is 5.75 Å². The van der Waals surface area contributed by atoms with E-state index in [9.17, 15) is 0 Å². The zero-order valence-electron chi connectivity index (χ0n) is 9.37. The van der Waals surface area contributed by atoms with Gasteiger partial charge in [-0.3, -0.25) is 0 Å². The summed E-state index contributed by atoms with van der Waals surface area (Å²) in [6.45, 7) is 6.68. The topological polar surface area (TPSA) is 35.2 Å². The van der Waals surface area contributed by atoms with Crippen LogP contribution in [-0.2, 0) is 0 Å². The van der Waals surface area contributed by atoms with Crippen molar-refractivity contribution in [2.75, 3.05) is 7.11 Å². The van der Waals surface area contributed by atoms with Crippen LogP contribution in [0.25, 0.3) is 0 Å².